The molecular formula is C19H33N3OS. The van der Waals surface area contributed by atoms with Crippen molar-refractivity contribution in [2.45, 2.75) is 39.7 Å². The number of thioether (sulfide) groups is 1. The molecule has 136 valence electrons. The summed E-state index contributed by atoms with van der Waals surface area (Å²) in [5, 5.41) is 6.81. The first-order valence-electron chi connectivity index (χ1n) is 8.75. The summed E-state index contributed by atoms with van der Waals surface area (Å²) in [6.07, 6.45) is 4.55. The van der Waals surface area contributed by atoms with Crippen LogP contribution in [0.5, 0.6) is 5.75 Å². The Morgan fingerprint density at radius 1 is 1.17 bits per heavy atom. The number of benzene rings is 1. The first kappa shape index (κ1) is 20.7. The third-order valence-electron chi connectivity index (χ3n) is 3.61. The SMILES string of the molecule is CN=C(NCCCCSC)NC(C)c1ccc(OCC(C)C)cc1. The Morgan fingerprint density at radius 2 is 1.88 bits per heavy atom. The Bertz CT molecular complexity index is 474. The van der Waals surface area contributed by atoms with E-state index in [1.54, 1.807) is 0 Å². The number of nitrogens with one attached hydrogen (secondary N) is 2. The number of hydrogen-bond donors (Lipinski definition) is 2. The van der Waals surface area contributed by atoms with Gasteiger partial charge in [0.15, 0.2) is 5.96 Å². The monoisotopic (exact) mass is 351 g/mol. The Labute approximate surface area is 151 Å². The Morgan fingerprint density at radius 3 is 2.46 bits per heavy atom. The summed E-state index contributed by atoms with van der Waals surface area (Å²) in [4.78, 5) is 4.30. The van der Waals surface area contributed by atoms with Crippen LogP contribution in [0.1, 0.15) is 45.2 Å². The summed E-state index contributed by atoms with van der Waals surface area (Å²) in [5.74, 6) is 3.54. The fourth-order valence-corrected chi connectivity index (χ4v) is 2.67. The summed E-state index contributed by atoms with van der Waals surface area (Å²) in [5.41, 5.74) is 1.22. The smallest absolute Gasteiger partial charge is 0.191 e. The van der Waals surface area contributed by atoms with Crippen molar-refractivity contribution in [3.05, 3.63) is 29.8 Å². The fourth-order valence-electron chi connectivity index (χ4n) is 2.18. The van der Waals surface area contributed by atoms with Crippen molar-refractivity contribution >= 4 is 17.7 Å². The molecule has 0 fully saturated rings. The van der Waals surface area contributed by atoms with Gasteiger partial charge in [0.05, 0.1) is 12.6 Å². The number of nitrogens with zero attached hydrogens (tertiary/aromatic N) is 1. The molecular weight excluding hydrogens is 318 g/mol. The van der Waals surface area contributed by atoms with Crippen molar-refractivity contribution in [2.75, 3.05) is 32.2 Å². The van der Waals surface area contributed by atoms with Crippen molar-refractivity contribution < 1.29 is 4.74 Å². The van der Waals surface area contributed by atoms with E-state index in [1.807, 2.05) is 30.9 Å². The van der Waals surface area contributed by atoms with Gasteiger partial charge < -0.3 is 15.4 Å². The molecule has 1 rings (SSSR count). The standard InChI is InChI=1S/C19H33N3OS/c1-15(2)14-23-18-10-8-17(9-11-18)16(3)22-19(20-4)21-12-6-7-13-24-5/h8-11,15-16H,6-7,12-14H2,1-5H3,(H2,20,21,22). The molecule has 4 nitrogen and oxygen atoms in total. The van der Waals surface area contributed by atoms with Crippen LogP contribution in [-0.2, 0) is 0 Å². The van der Waals surface area contributed by atoms with Gasteiger partial charge in [-0.2, -0.15) is 11.8 Å². The van der Waals surface area contributed by atoms with Crippen LogP contribution in [0.25, 0.3) is 0 Å². The predicted octanol–water partition coefficient (Wildman–Crippen LogP) is 4.09. The van der Waals surface area contributed by atoms with E-state index in [-0.39, 0.29) is 6.04 Å². The van der Waals surface area contributed by atoms with Crippen LogP contribution >= 0.6 is 11.8 Å². The largest absolute Gasteiger partial charge is 0.493 e. The molecule has 2 N–H and O–H groups in total. The molecule has 1 atom stereocenters. The molecule has 5 heteroatoms. The highest BCUT2D eigenvalue weighted by molar-refractivity contribution is 7.98. The summed E-state index contributed by atoms with van der Waals surface area (Å²) >= 11 is 1.90. The average Bonchev–Trinajstić information content (AvgIpc) is 2.59. The second-order valence-corrected chi connectivity index (χ2v) is 7.32. The zero-order chi connectivity index (χ0) is 17.8. The van der Waals surface area contributed by atoms with Crippen molar-refractivity contribution in [1.82, 2.24) is 10.6 Å². The predicted molar refractivity (Wildman–Crippen MR) is 107 cm³/mol. The van der Waals surface area contributed by atoms with Gasteiger partial charge in [0.2, 0.25) is 0 Å². The van der Waals surface area contributed by atoms with E-state index < -0.39 is 0 Å². The van der Waals surface area contributed by atoms with Gasteiger partial charge in [-0.3, -0.25) is 4.99 Å². The van der Waals surface area contributed by atoms with Crippen LogP contribution in [0, 0.1) is 5.92 Å². The van der Waals surface area contributed by atoms with E-state index in [9.17, 15) is 0 Å². The lowest BCUT2D eigenvalue weighted by molar-refractivity contribution is 0.271. The van der Waals surface area contributed by atoms with E-state index >= 15 is 0 Å². The lowest BCUT2D eigenvalue weighted by Crippen LogP contribution is -2.39. The average molecular weight is 352 g/mol. The number of aliphatic imine (C=N–C) groups is 1. The molecule has 0 aliphatic heterocycles. The molecule has 1 aromatic rings. The summed E-state index contributed by atoms with van der Waals surface area (Å²) in [6, 6.07) is 8.49. The van der Waals surface area contributed by atoms with E-state index in [0.717, 1.165) is 31.3 Å². The van der Waals surface area contributed by atoms with Crippen molar-refractivity contribution in [1.29, 1.82) is 0 Å². The molecule has 0 bridgehead atoms. The second-order valence-electron chi connectivity index (χ2n) is 6.34. The molecule has 0 aromatic heterocycles. The minimum atomic E-state index is 0.196. The number of rotatable bonds is 10. The zero-order valence-corrected chi connectivity index (χ0v) is 16.6. The molecule has 1 unspecified atom stereocenters. The molecule has 0 heterocycles. The van der Waals surface area contributed by atoms with Gasteiger partial charge in [-0.25, -0.2) is 0 Å². The summed E-state index contributed by atoms with van der Waals surface area (Å²) < 4.78 is 5.73. The highest BCUT2D eigenvalue weighted by Gasteiger charge is 2.08. The lowest BCUT2D eigenvalue weighted by atomic mass is 10.1. The van der Waals surface area contributed by atoms with E-state index in [1.165, 1.54) is 17.7 Å². The molecule has 24 heavy (non-hydrogen) atoms. The third-order valence-corrected chi connectivity index (χ3v) is 4.30. The minimum Gasteiger partial charge on any atom is -0.493 e. The molecule has 0 radical (unpaired) electrons. The maximum atomic E-state index is 5.73. The zero-order valence-electron chi connectivity index (χ0n) is 15.8. The van der Waals surface area contributed by atoms with Crippen LogP contribution in [0.15, 0.2) is 29.3 Å². The molecule has 0 saturated heterocycles. The van der Waals surface area contributed by atoms with Crippen LogP contribution in [0.2, 0.25) is 0 Å². The Hall–Kier alpha value is -1.36. The van der Waals surface area contributed by atoms with E-state index in [4.69, 9.17) is 4.74 Å². The molecule has 0 aliphatic rings. The lowest BCUT2D eigenvalue weighted by Gasteiger charge is -2.19. The molecule has 0 aliphatic carbocycles. The van der Waals surface area contributed by atoms with Gasteiger partial charge in [-0.1, -0.05) is 26.0 Å². The van der Waals surface area contributed by atoms with Crippen molar-refractivity contribution in [3.8, 4) is 5.75 Å². The molecule has 0 spiro atoms. The van der Waals surface area contributed by atoms with Gasteiger partial charge in [-0.15, -0.1) is 0 Å². The second kappa shape index (κ2) is 12.1. The first-order valence-corrected chi connectivity index (χ1v) is 10.1. The van der Waals surface area contributed by atoms with Gasteiger partial charge in [-0.05, 0) is 55.4 Å². The topological polar surface area (TPSA) is 45.7 Å². The van der Waals surface area contributed by atoms with Crippen LogP contribution in [0.4, 0.5) is 0 Å². The maximum Gasteiger partial charge on any atom is 0.191 e. The minimum absolute atomic E-state index is 0.196. The Kier molecular flexibility index (Phi) is 10.4. The van der Waals surface area contributed by atoms with Gasteiger partial charge in [0.25, 0.3) is 0 Å². The van der Waals surface area contributed by atoms with Crippen molar-refractivity contribution in [2.24, 2.45) is 10.9 Å². The maximum absolute atomic E-state index is 5.73. The first-order chi connectivity index (χ1) is 11.6. The fraction of sp³-hybridized carbons (Fsp3) is 0.632. The van der Waals surface area contributed by atoms with Gasteiger partial charge >= 0.3 is 0 Å². The van der Waals surface area contributed by atoms with Crippen LogP contribution < -0.4 is 15.4 Å². The van der Waals surface area contributed by atoms with E-state index in [0.29, 0.717) is 5.92 Å². The summed E-state index contributed by atoms with van der Waals surface area (Å²) in [7, 11) is 1.81. The summed E-state index contributed by atoms with van der Waals surface area (Å²) in [6.45, 7) is 8.15. The highest BCUT2D eigenvalue weighted by Crippen LogP contribution is 2.18. The quantitative estimate of drug-likeness (QED) is 0.379. The highest BCUT2D eigenvalue weighted by atomic mass is 32.2. The van der Waals surface area contributed by atoms with Gasteiger partial charge in [0, 0.05) is 13.6 Å². The number of hydrogen-bond acceptors (Lipinski definition) is 3. The van der Waals surface area contributed by atoms with Crippen LogP contribution in [0.3, 0.4) is 0 Å². The molecule has 1 aromatic carbocycles. The van der Waals surface area contributed by atoms with E-state index in [2.05, 4.69) is 54.8 Å². The Balaban J connectivity index is 2.43. The van der Waals surface area contributed by atoms with Gasteiger partial charge in [0.1, 0.15) is 5.75 Å². The number of ether oxygens (including phenoxy) is 1. The third kappa shape index (κ3) is 8.48. The molecule has 0 amide bonds. The molecule has 0 saturated carbocycles. The number of guanidine groups is 1. The van der Waals surface area contributed by atoms with Crippen molar-refractivity contribution in [3.63, 3.8) is 0 Å². The normalized spacial score (nSPS) is 13.0. The van der Waals surface area contributed by atoms with Crippen LogP contribution in [-0.4, -0.2) is 38.2 Å². The number of unbranched alkanes of at least 4 members (excludes halogenated alkanes) is 1.